The van der Waals surface area contributed by atoms with Crippen LogP contribution in [0.4, 0.5) is 0 Å². The quantitative estimate of drug-likeness (QED) is 0.669. The number of likely N-dealkylation sites (N-methyl/N-ethyl adjacent to an activating group) is 1. The summed E-state index contributed by atoms with van der Waals surface area (Å²) in [5.74, 6) is 0.188. The normalized spacial score (nSPS) is 24.2. The molecular formula is C13H26N2O4S. The Morgan fingerprint density at radius 3 is 2.70 bits per heavy atom. The Hall–Kier alpha value is -0.660. The smallest absolute Gasteiger partial charge is 0.323 e. The number of nitrogens with zero attached hydrogens (tertiary/aromatic N) is 1. The first kappa shape index (κ1) is 17.4. The van der Waals surface area contributed by atoms with E-state index >= 15 is 0 Å². The van der Waals surface area contributed by atoms with Crippen LogP contribution in [0, 0.1) is 0 Å². The van der Waals surface area contributed by atoms with Gasteiger partial charge >= 0.3 is 5.97 Å². The van der Waals surface area contributed by atoms with Gasteiger partial charge in [-0.25, -0.2) is 8.42 Å². The number of rotatable bonds is 7. The van der Waals surface area contributed by atoms with Gasteiger partial charge < -0.3 is 10.1 Å². The predicted molar refractivity (Wildman–Crippen MR) is 78.4 cm³/mol. The van der Waals surface area contributed by atoms with E-state index in [0.29, 0.717) is 32.7 Å². The van der Waals surface area contributed by atoms with Crippen molar-refractivity contribution in [1.29, 1.82) is 0 Å². The minimum atomic E-state index is -2.89. The average molecular weight is 306 g/mol. The summed E-state index contributed by atoms with van der Waals surface area (Å²) >= 11 is 0. The Morgan fingerprint density at radius 2 is 2.15 bits per heavy atom. The first-order valence-corrected chi connectivity index (χ1v) is 9.06. The Morgan fingerprint density at radius 1 is 1.45 bits per heavy atom. The van der Waals surface area contributed by atoms with Crippen molar-refractivity contribution in [1.82, 2.24) is 10.2 Å². The zero-order valence-electron chi connectivity index (χ0n) is 12.6. The van der Waals surface area contributed by atoms with Crippen molar-refractivity contribution in [2.45, 2.75) is 39.3 Å². The van der Waals surface area contributed by atoms with Crippen LogP contribution in [0.15, 0.2) is 0 Å². The molecule has 0 aliphatic carbocycles. The van der Waals surface area contributed by atoms with Crippen LogP contribution in [0.3, 0.4) is 0 Å². The minimum absolute atomic E-state index is 0.0122. The van der Waals surface area contributed by atoms with Crippen molar-refractivity contribution in [3.63, 3.8) is 0 Å². The third-order valence-electron chi connectivity index (χ3n) is 3.53. The molecule has 20 heavy (non-hydrogen) atoms. The second kappa shape index (κ2) is 7.95. The van der Waals surface area contributed by atoms with Gasteiger partial charge in [0.2, 0.25) is 0 Å². The molecule has 0 aromatic carbocycles. The molecule has 0 amide bonds. The van der Waals surface area contributed by atoms with E-state index in [-0.39, 0.29) is 29.6 Å². The van der Waals surface area contributed by atoms with Gasteiger partial charge in [0.25, 0.3) is 0 Å². The van der Waals surface area contributed by atoms with E-state index in [4.69, 9.17) is 4.74 Å². The lowest BCUT2D eigenvalue weighted by atomic mass is 10.1. The first-order valence-electron chi connectivity index (χ1n) is 7.24. The maximum atomic E-state index is 11.8. The van der Waals surface area contributed by atoms with E-state index in [9.17, 15) is 13.2 Å². The van der Waals surface area contributed by atoms with Gasteiger partial charge in [0.05, 0.1) is 18.1 Å². The predicted octanol–water partition coefficient (Wildman–Crippen LogP) is 0.0366. The minimum Gasteiger partial charge on any atom is -0.465 e. The summed E-state index contributed by atoms with van der Waals surface area (Å²) in [6.45, 7) is 7.98. The number of nitrogens with one attached hydrogen (secondary N) is 1. The van der Waals surface area contributed by atoms with Crippen molar-refractivity contribution in [3.8, 4) is 0 Å². The summed E-state index contributed by atoms with van der Waals surface area (Å²) in [7, 11) is -2.89. The topological polar surface area (TPSA) is 75.7 Å². The van der Waals surface area contributed by atoms with Crippen molar-refractivity contribution in [2.75, 3.05) is 37.7 Å². The fourth-order valence-electron chi connectivity index (χ4n) is 2.45. The third kappa shape index (κ3) is 5.38. The molecule has 2 unspecified atom stereocenters. The molecule has 1 aliphatic rings. The largest absolute Gasteiger partial charge is 0.465 e. The summed E-state index contributed by atoms with van der Waals surface area (Å²) in [4.78, 5) is 13.9. The molecule has 1 N–H and O–H groups in total. The Balaban J connectivity index is 2.49. The molecule has 1 heterocycles. The van der Waals surface area contributed by atoms with Crippen molar-refractivity contribution < 1.29 is 17.9 Å². The maximum absolute atomic E-state index is 11.8. The number of carbonyl (C=O) groups is 1. The summed E-state index contributed by atoms with van der Waals surface area (Å²) in [6.07, 6.45) is 0.636. The molecule has 2 atom stereocenters. The molecule has 0 aromatic heterocycles. The molecule has 0 bridgehead atoms. The van der Waals surface area contributed by atoms with E-state index in [2.05, 4.69) is 10.2 Å². The van der Waals surface area contributed by atoms with Gasteiger partial charge in [0.15, 0.2) is 9.84 Å². The molecule has 0 saturated carbocycles. The van der Waals surface area contributed by atoms with Crippen LogP contribution in [0.1, 0.15) is 27.2 Å². The van der Waals surface area contributed by atoms with Crippen molar-refractivity contribution in [3.05, 3.63) is 0 Å². The van der Waals surface area contributed by atoms with Gasteiger partial charge in [-0.3, -0.25) is 9.69 Å². The lowest BCUT2D eigenvalue weighted by molar-refractivity contribution is -0.145. The van der Waals surface area contributed by atoms with Gasteiger partial charge in [0.1, 0.15) is 6.04 Å². The van der Waals surface area contributed by atoms with Gasteiger partial charge in [-0.15, -0.1) is 0 Å². The number of sulfone groups is 1. The van der Waals surface area contributed by atoms with Crippen LogP contribution < -0.4 is 5.32 Å². The molecule has 7 heteroatoms. The monoisotopic (exact) mass is 306 g/mol. The molecule has 0 radical (unpaired) electrons. The zero-order chi connectivity index (χ0) is 15.2. The van der Waals surface area contributed by atoms with Crippen molar-refractivity contribution >= 4 is 15.8 Å². The molecule has 6 nitrogen and oxygen atoms in total. The lowest BCUT2D eigenvalue weighted by Crippen LogP contribution is -2.49. The van der Waals surface area contributed by atoms with E-state index < -0.39 is 9.84 Å². The molecular weight excluding hydrogens is 280 g/mol. The number of ether oxygens (including phenoxy) is 1. The molecule has 1 saturated heterocycles. The van der Waals surface area contributed by atoms with Crippen LogP contribution in [-0.4, -0.2) is 69.1 Å². The number of hydrogen-bond acceptors (Lipinski definition) is 6. The van der Waals surface area contributed by atoms with Crippen LogP contribution in [0.2, 0.25) is 0 Å². The standard InChI is InChI=1S/C13H26N2O4S/c1-4-14-12(13(16)19-5-2)6-7-15-8-9-20(17,18)10-11(15)3/h11-12,14H,4-10H2,1-3H3. The third-order valence-corrected chi connectivity index (χ3v) is 5.33. The highest BCUT2D eigenvalue weighted by molar-refractivity contribution is 7.91. The van der Waals surface area contributed by atoms with Crippen LogP contribution in [0.25, 0.3) is 0 Å². The summed E-state index contributed by atoms with van der Waals surface area (Å²) < 4.78 is 28.1. The highest BCUT2D eigenvalue weighted by Crippen LogP contribution is 2.12. The molecule has 1 rings (SSSR count). The maximum Gasteiger partial charge on any atom is 0.323 e. The highest BCUT2D eigenvalue weighted by Gasteiger charge is 2.29. The number of esters is 1. The Labute approximate surface area is 121 Å². The van der Waals surface area contributed by atoms with Gasteiger partial charge in [-0.05, 0) is 26.8 Å². The Kier molecular flexibility index (Phi) is 6.91. The average Bonchev–Trinajstić information content (AvgIpc) is 2.35. The fourth-order valence-corrected chi connectivity index (χ4v) is 4.08. The van der Waals surface area contributed by atoms with E-state index in [0.717, 1.165) is 0 Å². The van der Waals surface area contributed by atoms with Gasteiger partial charge in [-0.1, -0.05) is 6.92 Å². The molecule has 1 fully saturated rings. The lowest BCUT2D eigenvalue weighted by Gasteiger charge is -2.33. The second-order valence-electron chi connectivity index (χ2n) is 5.15. The summed E-state index contributed by atoms with van der Waals surface area (Å²) in [6, 6.07) is -0.302. The molecule has 0 spiro atoms. The van der Waals surface area contributed by atoms with E-state index in [1.54, 1.807) is 6.92 Å². The van der Waals surface area contributed by atoms with Crippen LogP contribution in [-0.2, 0) is 19.4 Å². The first-order chi connectivity index (χ1) is 9.39. The van der Waals surface area contributed by atoms with Crippen LogP contribution in [0.5, 0.6) is 0 Å². The molecule has 118 valence electrons. The van der Waals surface area contributed by atoms with Crippen molar-refractivity contribution in [2.24, 2.45) is 0 Å². The van der Waals surface area contributed by atoms with Gasteiger partial charge in [-0.2, -0.15) is 0 Å². The van der Waals surface area contributed by atoms with E-state index in [1.165, 1.54) is 0 Å². The van der Waals surface area contributed by atoms with E-state index in [1.807, 2.05) is 13.8 Å². The fraction of sp³-hybridized carbons (Fsp3) is 0.923. The summed E-state index contributed by atoms with van der Waals surface area (Å²) in [5, 5.41) is 3.12. The molecule has 0 aromatic rings. The molecule has 1 aliphatic heterocycles. The Bertz CT molecular complexity index is 411. The van der Waals surface area contributed by atoms with Gasteiger partial charge in [0, 0.05) is 19.1 Å². The zero-order valence-corrected chi connectivity index (χ0v) is 13.4. The second-order valence-corrected chi connectivity index (χ2v) is 7.38. The highest BCUT2D eigenvalue weighted by atomic mass is 32.2. The SMILES string of the molecule is CCNC(CCN1CCS(=O)(=O)CC1C)C(=O)OCC. The van der Waals surface area contributed by atoms with Crippen LogP contribution >= 0.6 is 0 Å². The number of carbonyl (C=O) groups excluding carboxylic acids is 1. The number of hydrogen-bond donors (Lipinski definition) is 1. The summed E-state index contributed by atoms with van der Waals surface area (Å²) in [5.41, 5.74) is 0.